The van der Waals surface area contributed by atoms with E-state index in [4.69, 9.17) is 14.3 Å². The largest absolute Gasteiger partial charge is 0.389 e. The highest BCUT2D eigenvalue weighted by Crippen LogP contribution is 2.23. The molecular weight excluding hydrogens is 449 g/mol. The lowest BCUT2D eigenvalue weighted by Gasteiger charge is -2.12. The fraction of sp³-hybridized carbons (Fsp3) is 0.421. The maximum atomic E-state index is 13.2. The van der Waals surface area contributed by atoms with E-state index in [2.05, 4.69) is 15.5 Å². The minimum Gasteiger partial charge on any atom is -0.389 e. The van der Waals surface area contributed by atoms with Crippen molar-refractivity contribution in [2.45, 2.75) is 29.1 Å². The number of aromatic nitrogens is 1. The molecule has 1 N–H and O–H groups in total. The first kappa shape index (κ1) is 21.8. The summed E-state index contributed by atoms with van der Waals surface area (Å²) in [5.74, 6) is -0.659. The van der Waals surface area contributed by atoms with E-state index in [1.807, 2.05) is 0 Å². The predicted octanol–water partition coefficient (Wildman–Crippen LogP) is 1.99. The number of rotatable bonds is 7. The monoisotopic (exact) mass is 469 g/mol. The van der Waals surface area contributed by atoms with Crippen LogP contribution in [0.15, 0.2) is 40.5 Å². The highest BCUT2D eigenvalue weighted by atomic mass is 32.2. The molecule has 1 aromatic carbocycles. The van der Waals surface area contributed by atoms with Crippen LogP contribution in [0.1, 0.15) is 18.4 Å². The van der Waals surface area contributed by atoms with Crippen molar-refractivity contribution in [3.8, 4) is 0 Å². The summed E-state index contributed by atoms with van der Waals surface area (Å²) < 4.78 is 49.1. The lowest BCUT2D eigenvalue weighted by molar-refractivity contribution is -0.110. The molecule has 0 spiro atoms. The minimum atomic E-state index is -3.54. The molecule has 0 bridgehead atoms. The van der Waals surface area contributed by atoms with E-state index < -0.39 is 26.1 Å². The lowest BCUT2D eigenvalue weighted by atomic mass is 10.1. The third kappa shape index (κ3) is 5.09. The summed E-state index contributed by atoms with van der Waals surface area (Å²) in [6.07, 6.45) is 1.79. The number of nitrogens with one attached hydrogen (secondary N) is 1. The molecule has 2 aromatic rings. The first-order chi connectivity index (χ1) is 14.9. The van der Waals surface area contributed by atoms with E-state index in [-0.39, 0.29) is 28.4 Å². The van der Waals surface area contributed by atoms with Gasteiger partial charge in [0, 0.05) is 18.6 Å². The standard InChI is InChI=1S/C19H20FN3O6S2/c20-16-9-21-19(30-16)22-18(24)17(23-29-13-5-7-27-10-13)12-1-3-14(4-2-12)31(25,26)15-6-8-28-11-15/h1-4,9,13,15H,5-8,10-11H2,(H,21,22,24)/b23-17+/t13-,15-/m1/s1. The molecule has 1 amide bonds. The minimum absolute atomic E-state index is 0.0693. The van der Waals surface area contributed by atoms with Crippen molar-refractivity contribution in [1.29, 1.82) is 0 Å². The van der Waals surface area contributed by atoms with Crippen molar-refractivity contribution in [3.05, 3.63) is 41.2 Å². The number of sulfone groups is 1. The van der Waals surface area contributed by atoms with Crippen LogP contribution in [0.5, 0.6) is 0 Å². The average Bonchev–Trinajstić information content (AvgIpc) is 3.52. The number of thiazole rings is 1. The van der Waals surface area contributed by atoms with E-state index in [0.29, 0.717) is 49.6 Å². The smallest absolute Gasteiger partial charge is 0.280 e. The number of halogens is 1. The van der Waals surface area contributed by atoms with Gasteiger partial charge in [-0.2, -0.15) is 4.39 Å². The molecular formula is C19H20FN3O6S2. The van der Waals surface area contributed by atoms with E-state index in [9.17, 15) is 17.6 Å². The second-order valence-corrected chi connectivity index (χ2v) is 10.2. The number of anilines is 1. The first-order valence-corrected chi connectivity index (χ1v) is 12.0. The maximum Gasteiger partial charge on any atom is 0.280 e. The fourth-order valence-electron chi connectivity index (χ4n) is 3.17. The van der Waals surface area contributed by atoms with Crippen LogP contribution in [0.3, 0.4) is 0 Å². The molecule has 2 atom stereocenters. The molecule has 0 radical (unpaired) electrons. The Hall–Kier alpha value is -2.41. The number of hydrogen-bond donors (Lipinski definition) is 1. The van der Waals surface area contributed by atoms with Crippen molar-refractivity contribution < 1.29 is 31.9 Å². The van der Waals surface area contributed by atoms with Crippen molar-refractivity contribution in [3.63, 3.8) is 0 Å². The number of carbonyl (C=O) groups excluding carboxylic acids is 1. The first-order valence-electron chi connectivity index (χ1n) is 9.60. The topological polar surface area (TPSA) is 116 Å². The number of ether oxygens (including phenoxy) is 2. The van der Waals surface area contributed by atoms with Gasteiger partial charge in [-0.1, -0.05) is 28.6 Å². The molecule has 0 aliphatic carbocycles. The van der Waals surface area contributed by atoms with Gasteiger partial charge < -0.3 is 14.3 Å². The Morgan fingerprint density at radius 3 is 2.55 bits per heavy atom. The van der Waals surface area contributed by atoms with Crippen molar-refractivity contribution in [2.24, 2.45) is 5.16 Å². The summed E-state index contributed by atoms with van der Waals surface area (Å²) >= 11 is 0.675. The maximum absolute atomic E-state index is 13.2. The highest BCUT2D eigenvalue weighted by Gasteiger charge is 2.31. The van der Waals surface area contributed by atoms with Crippen LogP contribution < -0.4 is 5.32 Å². The second kappa shape index (κ2) is 9.39. The summed E-state index contributed by atoms with van der Waals surface area (Å²) in [6.45, 7) is 1.48. The molecule has 166 valence electrons. The van der Waals surface area contributed by atoms with Gasteiger partial charge in [-0.3, -0.25) is 10.1 Å². The third-order valence-corrected chi connectivity index (χ3v) is 7.76. The summed E-state index contributed by atoms with van der Waals surface area (Å²) in [5.41, 5.74) is 0.255. The molecule has 2 aliphatic heterocycles. The van der Waals surface area contributed by atoms with Gasteiger partial charge in [-0.05, 0) is 18.6 Å². The molecule has 31 heavy (non-hydrogen) atoms. The van der Waals surface area contributed by atoms with Crippen LogP contribution >= 0.6 is 11.3 Å². The Bertz CT molecular complexity index is 1060. The van der Waals surface area contributed by atoms with Crippen LogP contribution in [0, 0.1) is 5.13 Å². The van der Waals surface area contributed by atoms with Gasteiger partial charge in [0.1, 0.15) is 0 Å². The second-order valence-electron chi connectivity index (χ2n) is 7.01. The molecule has 1 aromatic heterocycles. The van der Waals surface area contributed by atoms with Gasteiger partial charge in [0.25, 0.3) is 5.91 Å². The number of nitrogens with zero attached hydrogens (tertiary/aromatic N) is 2. The van der Waals surface area contributed by atoms with Gasteiger partial charge >= 0.3 is 0 Å². The molecule has 0 saturated carbocycles. The van der Waals surface area contributed by atoms with Crippen molar-refractivity contribution >= 4 is 37.9 Å². The molecule has 12 heteroatoms. The van der Waals surface area contributed by atoms with Crippen molar-refractivity contribution in [1.82, 2.24) is 4.98 Å². The van der Waals surface area contributed by atoms with E-state index in [1.165, 1.54) is 24.3 Å². The summed E-state index contributed by atoms with van der Waals surface area (Å²) in [6, 6.07) is 5.82. The van der Waals surface area contributed by atoms with E-state index in [0.717, 1.165) is 6.20 Å². The molecule has 2 fully saturated rings. The Labute approximate surface area is 182 Å². The molecule has 2 saturated heterocycles. The molecule has 4 rings (SSSR count). The highest BCUT2D eigenvalue weighted by molar-refractivity contribution is 7.92. The van der Waals surface area contributed by atoms with Gasteiger partial charge in [-0.15, -0.1) is 0 Å². The van der Waals surface area contributed by atoms with Crippen LogP contribution in [0.2, 0.25) is 0 Å². The molecule has 3 heterocycles. The number of amides is 1. The number of benzene rings is 1. The van der Waals surface area contributed by atoms with Gasteiger partial charge in [0.05, 0.1) is 36.2 Å². The Morgan fingerprint density at radius 1 is 1.19 bits per heavy atom. The van der Waals surface area contributed by atoms with E-state index in [1.54, 1.807) is 0 Å². The zero-order valence-electron chi connectivity index (χ0n) is 16.3. The lowest BCUT2D eigenvalue weighted by Crippen LogP contribution is -2.25. The Morgan fingerprint density at radius 2 is 1.94 bits per heavy atom. The Balaban J connectivity index is 1.57. The zero-order chi connectivity index (χ0) is 21.8. The fourth-order valence-corrected chi connectivity index (χ4v) is 5.29. The summed E-state index contributed by atoms with van der Waals surface area (Å²) in [7, 11) is -3.54. The normalized spacial score (nSPS) is 21.9. The van der Waals surface area contributed by atoms with Crippen LogP contribution in [0.4, 0.5) is 9.52 Å². The van der Waals surface area contributed by atoms with Crippen LogP contribution in [-0.4, -0.2) is 62.8 Å². The quantitative estimate of drug-likeness (QED) is 0.487. The molecule has 0 unspecified atom stereocenters. The predicted molar refractivity (Wildman–Crippen MR) is 110 cm³/mol. The van der Waals surface area contributed by atoms with Gasteiger partial charge in [-0.25, -0.2) is 13.4 Å². The Kier molecular flexibility index (Phi) is 6.60. The summed E-state index contributed by atoms with van der Waals surface area (Å²) in [5, 5.41) is 5.41. The third-order valence-electron chi connectivity index (χ3n) is 4.88. The van der Waals surface area contributed by atoms with Gasteiger partial charge in [0.15, 0.2) is 31.9 Å². The molecule has 9 nitrogen and oxygen atoms in total. The molecule has 2 aliphatic rings. The average molecular weight is 470 g/mol. The number of carbonyl (C=O) groups is 1. The van der Waals surface area contributed by atoms with Gasteiger partial charge in [0.2, 0.25) is 0 Å². The van der Waals surface area contributed by atoms with E-state index >= 15 is 0 Å². The van der Waals surface area contributed by atoms with Crippen LogP contribution in [-0.2, 0) is 28.9 Å². The summed E-state index contributed by atoms with van der Waals surface area (Å²) in [4.78, 5) is 22.1. The van der Waals surface area contributed by atoms with Crippen molar-refractivity contribution in [2.75, 3.05) is 31.7 Å². The number of oxime groups is 1. The SMILES string of the molecule is O=C(Nc1ncc(F)s1)/C(=N/O[C@@H]1CCOC1)c1ccc(S(=O)(=O)[C@@H]2CCOC2)cc1. The van der Waals surface area contributed by atoms with Crippen LogP contribution in [0.25, 0.3) is 0 Å². The zero-order valence-corrected chi connectivity index (χ0v) is 18.0. The number of hydrogen-bond acceptors (Lipinski definition) is 9.